The molecule has 21 heavy (non-hydrogen) atoms. The zero-order chi connectivity index (χ0) is 16.3. The normalized spacial score (nSPS) is 14.3. The summed E-state index contributed by atoms with van der Waals surface area (Å²) in [5.41, 5.74) is 1.01. The van der Waals surface area contributed by atoms with Crippen molar-refractivity contribution < 1.29 is 13.9 Å². The molecule has 0 N–H and O–H groups in total. The molecule has 0 unspecified atom stereocenters. The Morgan fingerprint density at radius 1 is 1.10 bits per heavy atom. The summed E-state index contributed by atoms with van der Waals surface area (Å²) in [5, 5.41) is 0. The number of piperidine rings is 1. The van der Waals surface area contributed by atoms with Crippen LogP contribution in [-0.2, 0) is 9.53 Å². The van der Waals surface area contributed by atoms with E-state index >= 15 is 0 Å². The highest BCUT2D eigenvalue weighted by Gasteiger charge is 2.25. The number of ether oxygens (including phenoxy) is 1. The monoisotopic (exact) mass is 297 g/mol. The van der Waals surface area contributed by atoms with Crippen LogP contribution in [0.3, 0.4) is 0 Å². The fourth-order valence-corrected chi connectivity index (χ4v) is 2.19. The van der Waals surface area contributed by atoms with Gasteiger partial charge in [0.1, 0.15) is 5.82 Å². The number of hydrogen-bond donors (Lipinski definition) is 0. The summed E-state index contributed by atoms with van der Waals surface area (Å²) in [6.07, 6.45) is 1.59. The van der Waals surface area contributed by atoms with E-state index in [2.05, 4.69) is 4.90 Å². The lowest BCUT2D eigenvalue weighted by Crippen LogP contribution is -2.36. The van der Waals surface area contributed by atoms with E-state index in [4.69, 9.17) is 4.74 Å². The van der Waals surface area contributed by atoms with Crippen LogP contribution in [0.2, 0.25) is 0 Å². The molecule has 0 amide bonds. The number of methoxy groups -OCH3 is 1. The van der Waals surface area contributed by atoms with Crippen molar-refractivity contribution in [2.75, 3.05) is 25.1 Å². The second-order valence-corrected chi connectivity index (χ2v) is 4.26. The molecule has 0 bridgehead atoms. The van der Waals surface area contributed by atoms with Gasteiger partial charge in [-0.1, -0.05) is 27.7 Å². The molecule has 2 rings (SSSR count). The van der Waals surface area contributed by atoms with Gasteiger partial charge in [0, 0.05) is 18.8 Å². The Hall–Kier alpha value is -1.58. The van der Waals surface area contributed by atoms with E-state index in [1.54, 1.807) is 12.1 Å². The summed E-state index contributed by atoms with van der Waals surface area (Å²) >= 11 is 0. The van der Waals surface area contributed by atoms with Crippen molar-refractivity contribution in [2.24, 2.45) is 5.92 Å². The standard InChI is InChI=1S/C13H16FNO2.2C2H6/c1-17-13(16)10-6-8-15(9-7-10)12-4-2-11(14)3-5-12;2*1-2/h2-5,10H,6-9H2,1H3;2*1-2H3. The minimum absolute atomic E-state index is 0.0108. The SMILES string of the molecule is CC.CC.COC(=O)C1CCN(c2ccc(F)cc2)CC1. The van der Waals surface area contributed by atoms with Crippen LogP contribution in [0.15, 0.2) is 24.3 Å². The minimum atomic E-state index is -0.224. The number of nitrogens with zero attached hydrogens (tertiary/aromatic N) is 1. The van der Waals surface area contributed by atoms with Crippen LogP contribution in [0, 0.1) is 11.7 Å². The first-order valence-corrected chi connectivity index (χ1v) is 7.79. The summed E-state index contributed by atoms with van der Waals surface area (Å²) in [5.74, 6) is -0.335. The summed E-state index contributed by atoms with van der Waals surface area (Å²) in [4.78, 5) is 13.5. The molecule has 0 atom stereocenters. The van der Waals surface area contributed by atoms with Crippen LogP contribution < -0.4 is 4.90 Å². The summed E-state index contributed by atoms with van der Waals surface area (Å²) < 4.78 is 17.5. The van der Waals surface area contributed by atoms with Crippen molar-refractivity contribution in [1.82, 2.24) is 0 Å². The third-order valence-corrected chi connectivity index (χ3v) is 3.22. The molecule has 1 heterocycles. The van der Waals surface area contributed by atoms with Crippen LogP contribution in [0.25, 0.3) is 0 Å². The fraction of sp³-hybridized carbons (Fsp3) is 0.588. The molecule has 0 aliphatic carbocycles. The first-order chi connectivity index (χ1) is 10.2. The van der Waals surface area contributed by atoms with E-state index in [9.17, 15) is 9.18 Å². The van der Waals surface area contributed by atoms with E-state index in [0.29, 0.717) is 0 Å². The molecule has 0 spiro atoms. The highest BCUT2D eigenvalue weighted by Crippen LogP contribution is 2.24. The van der Waals surface area contributed by atoms with E-state index < -0.39 is 0 Å². The third kappa shape index (κ3) is 6.15. The van der Waals surface area contributed by atoms with Crippen LogP contribution >= 0.6 is 0 Å². The van der Waals surface area contributed by atoms with Gasteiger partial charge in [-0.05, 0) is 37.1 Å². The molecular formula is C17H28FNO2. The quantitative estimate of drug-likeness (QED) is 0.764. The number of hydrogen-bond acceptors (Lipinski definition) is 3. The predicted octanol–water partition coefficient (Wildman–Crippen LogP) is 4.27. The van der Waals surface area contributed by atoms with E-state index in [1.807, 2.05) is 27.7 Å². The first-order valence-electron chi connectivity index (χ1n) is 7.79. The Bertz CT molecular complexity index is 384. The average Bonchev–Trinajstić information content (AvgIpc) is 2.58. The molecular weight excluding hydrogens is 269 g/mol. The Balaban J connectivity index is 0.000000921. The number of anilines is 1. The molecule has 0 saturated carbocycles. The summed E-state index contributed by atoms with van der Waals surface area (Å²) in [6.45, 7) is 9.62. The van der Waals surface area contributed by atoms with Gasteiger partial charge >= 0.3 is 5.97 Å². The molecule has 1 saturated heterocycles. The number of rotatable bonds is 2. The zero-order valence-electron chi connectivity index (χ0n) is 13.9. The molecule has 4 heteroatoms. The maximum Gasteiger partial charge on any atom is 0.308 e. The number of halogens is 1. The van der Waals surface area contributed by atoms with Gasteiger partial charge < -0.3 is 9.64 Å². The summed E-state index contributed by atoms with van der Waals surface area (Å²) in [7, 11) is 1.43. The number of esters is 1. The molecule has 1 aliphatic heterocycles. The molecule has 3 nitrogen and oxygen atoms in total. The van der Waals surface area contributed by atoms with Crippen molar-refractivity contribution in [3.8, 4) is 0 Å². The van der Waals surface area contributed by atoms with Gasteiger partial charge in [-0.3, -0.25) is 4.79 Å². The van der Waals surface area contributed by atoms with Crippen molar-refractivity contribution in [1.29, 1.82) is 0 Å². The second kappa shape index (κ2) is 11.1. The van der Waals surface area contributed by atoms with Crippen LogP contribution in [0.1, 0.15) is 40.5 Å². The average molecular weight is 297 g/mol. The molecule has 1 aromatic carbocycles. The van der Waals surface area contributed by atoms with Crippen molar-refractivity contribution in [2.45, 2.75) is 40.5 Å². The first kappa shape index (κ1) is 19.4. The maximum absolute atomic E-state index is 12.8. The predicted molar refractivity (Wildman–Crippen MR) is 86.0 cm³/mol. The van der Waals surface area contributed by atoms with Gasteiger partial charge in [-0.2, -0.15) is 0 Å². The van der Waals surface area contributed by atoms with E-state index in [1.165, 1.54) is 19.2 Å². The molecule has 1 aromatic rings. The number of benzene rings is 1. The largest absolute Gasteiger partial charge is 0.469 e. The minimum Gasteiger partial charge on any atom is -0.469 e. The maximum atomic E-state index is 12.8. The molecule has 0 radical (unpaired) electrons. The van der Waals surface area contributed by atoms with Crippen molar-refractivity contribution >= 4 is 11.7 Å². The molecule has 1 fully saturated rings. The molecule has 1 aliphatic rings. The lowest BCUT2D eigenvalue weighted by molar-refractivity contribution is -0.146. The Morgan fingerprint density at radius 2 is 1.57 bits per heavy atom. The van der Waals surface area contributed by atoms with E-state index in [-0.39, 0.29) is 17.7 Å². The van der Waals surface area contributed by atoms with E-state index in [0.717, 1.165) is 31.6 Å². The summed E-state index contributed by atoms with van der Waals surface area (Å²) in [6, 6.07) is 6.46. The zero-order valence-corrected chi connectivity index (χ0v) is 13.9. The lowest BCUT2D eigenvalue weighted by atomic mass is 9.96. The Morgan fingerprint density at radius 3 is 2.00 bits per heavy atom. The van der Waals surface area contributed by atoms with Gasteiger partial charge in [-0.15, -0.1) is 0 Å². The second-order valence-electron chi connectivity index (χ2n) is 4.26. The number of carbonyl (C=O) groups is 1. The van der Waals surface area contributed by atoms with Crippen LogP contribution in [0.4, 0.5) is 10.1 Å². The molecule has 120 valence electrons. The van der Waals surface area contributed by atoms with Crippen molar-refractivity contribution in [3.05, 3.63) is 30.1 Å². The van der Waals surface area contributed by atoms with Gasteiger partial charge in [0.25, 0.3) is 0 Å². The highest BCUT2D eigenvalue weighted by molar-refractivity contribution is 5.72. The van der Waals surface area contributed by atoms with Crippen LogP contribution in [-0.4, -0.2) is 26.2 Å². The van der Waals surface area contributed by atoms with Gasteiger partial charge in [0.15, 0.2) is 0 Å². The van der Waals surface area contributed by atoms with Gasteiger partial charge in [0.2, 0.25) is 0 Å². The Kier molecular flexibility index (Phi) is 10.3. The lowest BCUT2D eigenvalue weighted by Gasteiger charge is -2.32. The number of carbonyl (C=O) groups excluding carboxylic acids is 1. The Labute approximate surface area is 128 Å². The van der Waals surface area contributed by atoms with Gasteiger partial charge in [0.05, 0.1) is 13.0 Å². The van der Waals surface area contributed by atoms with Crippen molar-refractivity contribution in [3.63, 3.8) is 0 Å². The smallest absolute Gasteiger partial charge is 0.308 e. The third-order valence-electron chi connectivity index (χ3n) is 3.22. The highest BCUT2D eigenvalue weighted by atomic mass is 19.1. The fourth-order valence-electron chi connectivity index (χ4n) is 2.19. The topological polar surface area (TPSA) is 29.5 Å². The van der Waals surface area contributed by atoms with Gasteiger partial charge in [-0.25, -0.2) is 4.39 Å². The van der Waals surface area contributed by atoms with Crippen LogP contribution in [0.5, 0.6) is 0 Å². The molecule has 0 aromatic heterocycles.